The van der Waals surface area contributed by atoms with Crippen molar-refractivity contribution < 1.29 is 8.78 Å². The van der Waals surface area contributed by atoms with Crippen molar-refractivity contribution in [2.75, 3.05) is 7.05 Å². The van der Waals surface area contributed by atoms with Crippen LogP contribution in [0.25, 0.3) is 0 Å². The van der Waals surface area contributed by atoms with E-state index in [4.69, 9.17) is 0 Å². The second kappa shape index (κ2) is 5.57. The van der Waals surface area contributed by atoms with Crippen LogP contribution in [-0.4, -0.2) is 13.1 Å². The van der Waals surface area contributed by atoms with Crippen LogP contribution >= 0.6 is 0 Å². The molecule has 0 bridgehead atoms. The fraction of sp³-hybridized carbons (Fsp3) is 0.333. The molecule has 1 aliphatic carbocycles. The second-order valence-corrected chi connectivity index (χ2v) is 5.80. The van der Waals surface area contributed by atoms with Crippen LogP contribution in [0.1, 0.15) is 24.0 Å². The Morgan fingerprint density at radius 2 is 1.81 bits per heavy atom. The smallest absolute Gasteiger partial charge is 0.129 e. The lowest BCUT2D eigenvalue weighted by atomic mass is 9.84. The molecule has 1 N–H and O–H groups in total. The van der Waals surface area contributed by atoms with Crippen molar-refractivity contribution in [1.29, 1.82) is 0 Å². The fourth-order valence-corrected chi connectivity index (χ4v) is 3.22. The van der Waals surface area contributed by atoms with E-state index in [-0.39, 0.29) is 11.5 Å². The van der Waals surface area contributed by atoms with Crippen molar-refractivity contribution in [2.45, 2.75) is 30.7 Å². The predicted octanol–water partition coefficient (Wildman–Crippen LogP) is 3.83. The summed E-state index contributed by atoms with van der Waals surface area (Å²) in [4.78, 5) is 0. The lowest BCUT2D eigenvalue weighted by Gasteiger charge is -2.27. The number of likely N-dealkylation sites (N-methyl/N-ethyl adjacent to an activating group) is 1. The molecule has 0 aliphatic heterocycles. The summed E-state index contributed by atoms with van der Waals surface area (Å²) in [6, 6.07) is 14.4. The van der Waals surface area contributed by atoms with Crippen molar-refractivity contribution in [3.8, 4) is 0 Å². The van der Waals surface area contributed by atoms with Crippen molar-refractivity contribution in [3.63, 3.8) is 0 Å². The molecule has 0 saturated heterocycles. The van der Waals surface area contributed by atoms with Crippen LogP contribution in [0.15, 0.2) is 48.5 Å². The standard InChI is InChI=1S/C18H19F2N/c1-21-17(11-13-7-8-15(19)12-16(13)20)18(9-10-18)14-5-3-2-4-6-14/h2-8,12,17,21H,9-11H2,1H3. The molecule has 1 aliphatic rings. The van der Waals surface area contributed by atoms with Crippen LogP contribution in [0.4, 0.5) is 8.78 Å². The number of hydrogen-bond donors (Lipinski definition) is 1. The average molecular weight is 287 g/mol. The van der Waals surface area contributed by atoms with Gasteiger partial charge in [-0.15, -0.1) is 0 Å². The first-order chi connectivity index (χ1) is 10.2. The zero-order valence-electron chi connectivity index (χ0n) is 12.1. The van der Waals surface area contributed by atoms with E-state index >= 15 is 0 Å². The van der Waals surface area contributed by atoms with E-state index in [1.807, 2.05) is 25.2 Å². The SMILES string of the molecule is CNC(Cc1ccc(F)cc1F)C1(c2ccccc2)CC1. The Bertz CT molecular complexity index is 620. The quantitative estimate of drug-likeness (QED) is 0.881. The van der Waals surface area contributed by atoms with Crippen LogP contribution < -0.4 is 5.32 Å². The van der Waals surface area contributed by atoms with Gasteiger partial charge in [0.2, 0.25) is 0 Å². The summed E-state index contributed by atoms with van der Waals surface area (Å²) < 4.78 is 26.9. The molecule has 1 nitrogen and oxygen atoms in total. The summed E-state index contributed by atoms with van der Waals surface area (Å²) in [5, 5.41) is 3.33. The van der Waals surface area contributed by atoms with Gasteiger partial charge >= 0.3 is 0 Å². The summed E-state index contributed by atoms with van der Waals surface area (Å²) in [7, 11) is 1.91. The largest absolute Gasteiger partial charge is 0.316 e. The molecule has 0 amide bonds. The molecule has 1 saturated carbocycles. The first kappa shape index (κ1) is 14.2. The molecule has 1 unspecified atom stereocenters. The molecule has 1 fully saturated rings. The van der Waals surface area contributed by atoms with Crippen LogP contribution in [0.2, 0.25) is 0 Å². The molecule has 2 aromatic carbocycles. The number of halogens is 2. The van der Waals surface area contributed by atoms with Gasteiger partial charge in [0.05, 0.1) is 0 Å². The maximum atomic E-state index is 13.9. The Labute approximate surface area is 124 Å². The highest BCUT2D eigenvalue weighted by molar-refractivity contribution is 5.35. The highest BCUT2D eigenvalue weighted by Crippen LogP contribution is 2.51. The van der Waals surface area contributed by atoms with Gasteiger partial charge < -0.3 is 5.32 Å². The first-order valence-electron chi connectivity index (χ1n) is 7.32. The van der Waals surface area contributed by atoms with E-state index < -0.39 is 11.6 Å². The van der Waals surface area contributed by atoms with Gasteiger partial charge in [0.1, 0.15) is 11.6 Å². The Morgan fingerprint density at radius 1 is 1.10 bits per heavy atom. The van der Waals surface area contributed by atoms with Crippen molar-refractivity contribution in [2.24, 2.45) is 0 Å². The normalized spacial score (nSPS) is 17.5. The Balaban J connectivity index is 1.86. The molecule has 1 atom stereocenters. The van der Waals surface area contributed by atoms with Gasteiger partial charge in [0.15, 0.2) is 0 Å². The lowest BCUT2D eigenvalue weighted by Crippen LogP contribution is -2.39. The average Bonchev–Trinajstić information content (AvgIpc) is 3.29. The van der Waals surface area contributed by atoms with Crippen molar-refractivity contribution >= 4 is 0 Å². The van der Waals surface area contributed by atoms with E-state index in [2.05, 4.69) is 17.4 Å². The molecule has 0 spiro atoms. The second-order valence-electron chi connectivity index (χ2n) is 5.80. The zero-order valence-corrected chi connectivity index (χ0v) is 12.1. The number of hydrogen-bond acceptors (Lipinski definition) is 1. The highest BCUT2D eigenvalue weighted by Gasteiger charge is 2.49. The van der Waals surface area contributed by atoms with Crippen LogP contribution in [0.5, 0.6) is 0 Å². The van der Waals surface area contributed by atoms with Crippen LogP contribution in [-0.2, 0) is 11.8 Å². The van der Waals surface area contributed by atoms with Gasteiger partial charge in [-0.05, 0) is 43.5 Å². The topological polar surface area (TPSA) is 12.0 Å². The van der Waals surface area contributed by atoms with E-state index in [1.165, 1.54) is 11.6 Å². The minimum absolute atomic E-state index is 0.0802. The predicted molar refractivity (Wildman–Crippen MR) is 80.3 cm³/mol. The van der Waals surface area contributed by atoms with Gasteiger partial charge in [-0.1, -0.05) is 36.4 Å². The Kier molecular flexibility index (Phi) is 3.77. The third kappa shape index (κ3) is 2.70. The Morgan fingerprint density at radius 3 is 2.38 bits per heavy atom. The lowest BCUT2D eigenvalue weighted by molar-refractivity contribution is 0.434. The van der Waals surface area contributed by atoms with Gasteiger partial charge in [0.25, 0.3) is 0 Å². The van der Waals surface area contributed by atoms with Gasteiger partial charge in [0, 0.05) is 17.5 Å². The molecule has 2 aromatic rings. The maximum absolute atomic E-state index is 13.9. The van der Waals surface area contributed by atoms with E-state index in [0.29, 0.717) is 12.0 Å². The summed E-state index contributed by atoms with van der Waals surface area (Å²) >= 11 is 0. The van der Waals surface area contributed by atoms with Gasteiger partial charge in [-0.3, -0.25) is 0 Å². The summed E-state index contributed by atoms with van der Waals surface area (Å²) in [6.07, 6.45) is 2.77. The molecule has 3 rings (SSSR count). The van der Waals surface area contributed by atoms with Crippen LogP contribution in [0.3, 0.4) is 0 Å². The summed E-state index contributed by atoms with van der Waals surface area (Å²) in [5.74, 6) is -0.986. The summed E-state index contributed by atoms with van der Waals surface area (Å²) in [6.45, 7) is 0. The molecule has 3 heteroatoms. The van der Waals surface area contributed by atoms with Gasteiger partial charge in [-0.25, -0.2) is 8.78 Å². The molecule has 0 aromatic heterocycles. The minimum atomic E-state index is -0.526. The molecular formula is C18H19F2N. The maximum Gasteiger partial charge on any atom is 0.129 e. The highest BCUT2D eigenvalue weighted by atomic mass is 19.1. The van der Waals surface area contributed by atoms with E-state index in [0.717, 1.165) is 18.9 Å². The minimum Gasteiger partial charge on any atom is -0.316 e. The zero-order chi connectivity index (χ0) is 14.9. The third-order valence-corrected chi connectivity index (χ3v) is 4.59. The van der Waals surface area contributed by atoms with Crippen molar-refractivity contribution in [1.82, 2.24) is 5.32 Å². The van der Waals surface area contributed by atoms with Gasteiger partial charge in [-0.2, -0.15) is 0 Å². The molecule has 21 heavy (non-hydrogen) atoms. The number of nitrogens with one attached hydrogen (secondary N) is 1. The fourth-order valence-electron chi connectivity index (χ4n) is 3.22. The van der Waals surface area contributed by atoms with Crippen molar-refractivity contribution in [3.05, 3.63) is 71.3 Å². The Hall–Kier alpha value is -1.74. The molecule has 0 radical (unpaired) electrons. The van der Waals surface area contributed by atoms with E-state index in [9.17, 15) is 8.78 Å². The first-order valence-corrected chi connectivity index (χ1v) is 7.32. The molecule has 0 heterocycles. The molecule has 110 valence electrons. The summed E-state index contributed by atoms with van der Waals surface area (Å²) in [5.41, 5.74) is 1.95. The number of rotatable bonds is 5. The third-order valence-electron chi connectivity index (χ3n) is 4.59. The number of benzene rings is 2. The molecular weight excluding hydrogens is 268 g/mol. The van der Waals surface area contributed by atoms with Crippen LogP contribution in [0, 0.1) is 11.6 Å². The van der Waals surface area contributed by atoms with E-state index in [1.54, 1.807) is 6.07 Å². The monoisotopic (exact) mass is 287 g/mol.